The number of nitrogens with one attached hydrogen (secondary N) is 1. The van der Waals surface area contributed by atoms with Crippen LogP contribution in [-0.2, 0) is 4.79 Å². The van der Waals surface area contributed by atoms with Crippen LogP contribution in [0.15, 0.2) is 47.3 Å². The number of anilines is 1. The van der Waals surface area contributed by atoms with Gasteiger partial charge in [0.15, 0.2) is 0 Å². The van der Waals surface area contributed by atoms with Gasteiger partial charge in [-0.05, 0) is 62.6 Å². The molecule has 5 nitrogen and oxygen atoms in total. The van der Waals surface area contributed by atoms with Gasteiger partial charge in [-0.3, -0.25) is 14.2 Å². The van der Waals surface area contributed by atoms with E-state index in [0.29, 0.717) is 16.7 Å². The average Bonchev–Trinajstić information content (AvgIpc) is 2.69. The van der Waals surface area contributed by atoms with Crippen LogP contribution in [-0.4, -0.2) is 15.5 Å². The Hall–Kier alpha value is -2.95. The minimum absolute atomic E-state index is 0.0404. The van der Waals surface area contributed by atoms with Crippen LogP contribution < -0.4 is 10.9 Å². The van der Waals surface area contributed by atoms with E-state index < -0.39 is 0 Å². The number of hydrogen-bond acceptors (Lipinski definition) is 3. The van der Waals surface area contributed by atoms with E-state index in [-0.39, 0.29) is 17.4 Å². The van der Waals surface area contributed by atoms with E-state index in [4.69, 9.17) is 0 Å². The topological polar surface area (TPSA) is 64.0 Å². The maximum atomic E-state index is 13.0. The van der Waals surface area contributed by atoms with E-state index in [2.05, 4.69) is 24.1 Å². The predicted molar refractivity (Wildman–Crippen MR) is 119 cm³/mol. The van der Waals surface area contributed by atoms with E-state index in [1.54, 1.807) is 10.6 Å². The third kappa shape index (κ3) is 4.39. The summed E-state index contributed by atoms with van der Waals surface area (Å²) in [4.78, 5) is 30.3. The van der Waals surface area contributed by atoms with Crippen LogP contribution in [0.4, 0.5) is 5.69 Å². The summed E-state index contributed by atoms with van der Waals surface area (Å²) in [5, 5.41) is 3.67. The maximum absolute atomic E-state index is 13.0. The number of hydrogen-bond donors (Lipinski definition) is 1. The lowest BCUT2D eigenvalue weighted by Gasteiger charge is -2.17. The van der Waals surface area contributed by atoms with E-state index in [0.717, 1.165) is 42.6 Å². The number of benzene rings is 2. The predicted octanol–water partition coefficient (Wildman–Crippen LogP) is 5.16. The number of carbonyl (C=O) groups excluding carboxylic acids is 1. The van der Waals surface area contributed by atoms with Crippen LogP contribution in [0.1, 0.15) is 50.9 Å². The van der Waals surface area contributed by atoms with Crippen molar-refractivity contribution < 1.29 is 4.79 Å². The van der Waals surface area contributed by atoms with Crippen molar-refractivity contribution in [2.45, 2.75) is 53.4 Å². The summed E-state index contributed by atoms with van der Waals surface area (Å²) in [7, 11) is 0. The number of aromatic nitrogens is 2. The van der Waals surface area contributed by atoms with Crippen LogP contribution in [0.25, 0.3) is 16.6 Å². The van der Waals surface area contributed by atoms with Gasteiger partial charge in [-0.1, -0.05) is 38.8 Å². The highest BCUT2D eigenvalue weighted by Gasteiger charge is 2.18. The number of para-hydroxylation sites is 1. The van der Waals surface area contributed by atoms with Gasteiger partial charge in [-0.15, -0.1) is 0 Å². The van der Waals surface area contributed by atoms with Gasteiger partial charge in [-0.25, -0.2) is 4.98 Å². The number of carbonyl (C=O) groups is 1. The molecule has 0 saturated heterocycles. The summed E-state index contributed by atoms with van der Waals surface area (Å²) >= 11 is 0. The van der Waals surface area contributed by atoms with Crippen molar-refractivity contribution in [1.82, 2.24) is 9.55 Å². The second-order valence-corrected chi connectivity index (χ2v) is 7.58. The molecule has 0 spiro atoms. The van der Waals surface area contributed by atoms with Crippen molar-refractivity contribution in [2.75, 3.05) is 5.32 Å². The summed E-state index contributed by atoms with van der Waals surface area (Å²) in [5.41, 5.74) is 3.07. The second-order valence-electron chi connectivity index (χ2n) is 7.58. The highest BCUT2D eigenvalue weighted by molar-refractivity contribution is 5.93. The van der Waals surface area contributed by atoms with Crippen molar-refractivity contribution in [2.24, 2.45) is 5.92 Å². The van der Waals surface area contributed by atoms with Gasteiger partial charge in [0.2, 0.25) is 5.91 Å². The Bertz CT molecular complexity index is 1080. The molecule has 0 saturated carbocycles. The molecular formula is C24H29N3O2. The summed E-state index contributed by atoms with van der Waals surface area (Å²) in [6, 6.07) is 13.0. The maximum Gasteiger partial charge on any atom is 0.265 e. The first kappa shape index (κ1) is 20.8. The van der Waals surface area contributed by atoms with Crippen molar-refractivity contribution in [3.63, 3.8) is 0 Å². The third-order valence-electron chi connectivity index (χ3n) is 5.31. The summed E-state index contributed by atoms with van der Waals surface area (Å²) in [6.45, 7) is 7.99. The fourth-order valence-corrected chi connectivity index (χ4v) is 3.81. The Labute approximate surface area is 171 Å². The van der Waals surface area contributed by atoms with Gasteiger partial charge < -0.3 is 5.32 Å². The standard InChI is InChI=1S/C24H29N3O2/c1-5-9-18(10-6-2)23(28)26-21-14-13-19(15-16(21)3)27-17(4)25-22-12-8-7-11-20(22)24(27)29/h7-8,11-15,18H,5-6,9-10H2,1-4H3,(H,26,28). The largest absolute Gasteiger partial charge is 0.326 e. The highest BCUT2D eigenvalue weighted by atomic mass is 16.2. The molecule has 0 aliphatic carbocycles. The number of aryl methyl sites for hydroxylation is 2. The molecule has 29 heavy (non-hydrogen) atoms. The lowest BCUT2D eigenvalue weighted by molar-refractivity contribution is -0.120. The average molecular weight is 392 g/mol. The molecule has 1 amide bonds. The smallest absolute Gasteiger partial charge is 0.265 e. The molecule has 5 heteroatoms. The molecule has 1 aromatic heterocycles. The first-order valence-electron chi connectivity index (χ1n) is 10.4. The SMILES string of the molecule is CCCC(CCC)C(=O)Nc1ccc(-n2c(C)nc3ccccc3c2=O)cc1C. The van der Waals surface area contributed by atoms with Crippen LogP contribution >= 0.6 is 0 Å². The molecule has 0 aliphatic rings. The fraction of sp³-hybridized carbons (Fsp3) is 0.375. The second kappa shape index (κ2) is 9.03. The van der Waals surface area contributed by atoms with Gasteiger partial charge in [0.05, 0.1) is 16.6 Å². The van der Waals surface area contributed by atoms with Gasteiger partial charge in [0, 0.05) is 11.6 Å². The summed E-state index contributed by atoms with van der Waals surface area (Å²) in [6.07, 6.45) is 3.78. The molecule has 152 valence electrons. The molecule has 0 bridgehead atoms. The van der Waals surface area contributed by atoms with Crippen molar-refractivity contribution >= 4 is 22.5 Å². The van der Waals surface area contributed by atoms with Crippen LogP contribution in [0.2, 0.25) is 0 Å². The molecule has 0 radical (unpaired) electrons. The lowest BCUT2D eigenvalue weighted by atomic mass is 9.97. The number of amides is 1. The molecule has 0 unspecified atom stereocenters. The molecule has 0 aliphatic heterocycles. The van der Waals surface area contributed by atoms with Gasteiger partial charge >= 0.3 is 0 Å². The minimum atomic E-state index is -0.0877. The van der Waals surface area contributed by atoms with Crippen molar-refractivity contribution in [1.29, 1.82) is 0 Å². The molecule has 1 N–H and O–H groups in total. The molecule has 1 heterocycles. The number of fused-ring (bicyclic) bond motifs is 1. The lowest BCUT2D eigenvalue weighted by Crippen LogP contribution is -2.24. The third-order valence-corrected chi connectivity index (χ3v) is 5.31. The number of nitrogens with zero attached hydrogens (tertiary/aromatic N) is 2. The summed E-state index contributed by atoms with van der Waals surface area (Å²) in [5.74, 6) is 0.750. The van der Waals surface area contributed by atoms with Crippen LogP contribution in [0, 0.1) is 19.8 Å². The first-order valence-corrected chi connectivity index (χ1v) is 10.4. The van der Waals surface area contributed by atoms with E-state index in [9.17, 15) is 9.59 Å². The molecule has 2 aromatic carbocycles. The van der Waals surface area contributed by atoms with Crippen molar-refractivity contribution in [3.05, 3.63) is 64.2 Å². The van der Waals surface area contributed by atoms with Crippen molar-refractivity contribution in [3.8, 4) is 5.69 Å². The Morgan fingerprint density at radius 3 is 2.41 bits per heavy atom. The Balaban J connectivity index is 1.93. The zero-order chi connectivity index (χ0) is 21.0. The first-order chi connectivity index (χ1) is 14.0. The Morgan fingerprint density at radius 2 is 1.76 bits per heavy atom. The highest BCUT2D eigenvalue weighted by Crippen LogP contribution is 2.22. The zero-order valence-electron chi connectivity index (χ0n) is 17.7. The van der Waals surface area contributed by atoms with E-state index in [1.807, 2.05) is 50.2 Å². The fourth-order valence-electron chi connectivity index (χ4n) is 3.81. The molecular weight excluding hydrogens is 362 g/mol. The van der Waals surface area contributed by atoms with Gasteiger partial charge in [0.25, 0.3) is 5.56 Å². The van der Waals surface area contributed by atoms with Crippen LogP contribution in [0.5, 0.6) is 0 Å². The number of rotatable bonds is 7. The van der Waals surface area contributed by atoms with E-state index in [1.165, 1.54) is 0 Å². The molecule has 3 aromatic rings. The van der Waals surface area contributed by atoms with Crippen LogP contribution in [0.3, 0.4) is 0 Å². The van der Waals surface area contributed by atoms with Gasteiger partial charge in [0.1, 0.15) is 5.82 Å². The molecule has 0 atom stereocenters. The normalized spacial score (nSPS) is 11.2. The zero-order valence-corrected chi connectivity index (χ0v) is 17.7. The molecule has 3 rings (SSSR count). The Morgan fingerprint density at radius 1 is 1.07 bits per heavy atom. The quantitative estimate of drug-likeness (QED) is 0.605. The van der Waals surface area contributed by atoms with Gasteiger partial charge in [-0.2, -0.15) is 0 Å². The minimum Gasteiger partial charge on any atom is -0.326 e. The van der Waals surface area contributed by atoms with E-state index >= 15 is 0 Å². The summed E-state index contributed by atoms with van der Waals surface area (Å²) < 4.78 is 1.62. The Kier molecular flexibility index (Phi) is 6.47. The monoisotopic (exact) mass is 391 g/mol. The molecule has 0 fully saturated rings.